The molecule has 0 saturated carbocycles. The number of halogens is 6. The molecule has 1 aromatic heterocycles. The number of imidazole rings is 1. The van der Waals surface area contributed by atoms with Crippen molar-refractivity contribution in [3.63, 3.8) is 0 Å². The lowest BCUT2D eigenvalue weighted by Crippen LogP contribution is -2.25. The Morgan fingerprint density at radius 2 is 1.89 bits per heavy atom. The maximum absolute atomic E-state index is 14.4. The lowest BCUT2D eigenvalue weighted by Gasteiger charge is -2.18. The number of aromatic amines is 1. The molecule has 0 fully saturated rings. The van der Waals surface area contributed by atoms with E-state index in [0.29, 0.717) is 35.2 Å². The number of hydrogen-bond acceptors (Lipinski definition) is 4. The molecule has 12 heteroatoms. The Kier molecular flexibility index (Phi) is 5.78. The number of carbonyl (C=O) groups excluding carboxylic acids is 1. The molecule has 0 bridgehead atoms. The van der Waals surface area contributed by atoms with Crippen LogP contribution in [0.25, 0.3) is 11.0 Å². The number of anilines is 3. The first-order chi connectivity index (χ1) is 17.3. The first-order valence-corrected chi connectivity index (χ1v) is 11.3. The molecule has 2 heterocycles. The number of ether oxygens (including phenoxy) is 1. The monoisotopic (exact) mass is 536 g/mol. The van der Waals surface area contributed by atoms with Gasteiger partial charge in [-0.2, -0.15) is 13.2 Å². The van der Waals surface area contributed by atoms with Crippen molar-refractivity contribution in [2.24, 2.45) is 0 Å². The Hall–Kier alpha value is -3.86. The zero-order chi connectivity index (χ0) is 26.7. The number of benzene rings is 3. The Bertz CT molecular complexity index is 1540. The van der Waals surface area contributed by atoms with E-state index in [-0.39, 0.29) is 28.0 Å². The Morgan fingerprint density at radius 1 is 1.14 bits per heavy atom. The fraction of sp³-hybridized carbons (Fsp3) is 0.200. The van der Waals surface area contributed by atoms with E-state index in [1.54, 1.807) is 0 Å². The minimum atomic E-state index is -4.73. The van der Waals surface area contributed by atoms with Crippen molar-refractivity contribution in [3.05, 3.63) is 75.8 Å². The summed E-state index contributed by atoms with van der Waals surface area (Å²) in [6.45, 7) is 3.62. The average Bonchev–Trinajstić information content (AvgIpc) is 3.35. The van der Waals surface area contributed by atoms with Crippen molar-refractivity contribution in [2.75, 3.05) is 10.6 Å². The molecule has 4 aromatic rings. The molecule has 192 valence electrons. The molecule has 1 aliphatic rings. The zero-order valence-electron chi connectivity index (χ0n) is 19.3. The highest BCUT2D eigenvalue weighted by Gasteiger charge is 2.36. The summed E-state index contributed by atoms with van der Waals surface area (Å²) in [5, 5.41) is 5.24. The Balaban J connectivity index is 1.53. The highest BCUT2D eigenvalue weighted by atomic mass is 35.5. The molecule has 0 saturated heterocycles. The summed E-state index contributed by atoms with van der Waals surface area (Å²) in [6, 6.07) is 7.41. The highest BCUT2D eigenvalue weighted by molar-refractivity contribution is 6.33. The number of nitrogens with zero attached hydrogens (tertiary/aromatic N) is 1. The predicted molar refractivity (Wildman–Crippen MR) is 129 cm³/mol. The summed E-state index contributed by atoms with van der Waals surface area (Å²) in [6.07, 6.45) is -4.34. The van der Waals surface area contributed by atoms with Gasteiger partial charge in [0.05, 0.1) is 38.6 Å². The minimum Gasteiger partial charge on any atom is -0.486 e. The van der Waals surface area contributed by atoms with Gasteiger partial charge in [0.2, 0.25) is 5.95 Å². The first-order valence-electron chi connectivity index (χ1n) is 11.0. The van der Waals surface area contributed by atoms with E-state index in [1.807, 2.05) is 13.8 Å². The molecule has 1 amide bonds. The van der Waals surface area contributed by atoms with Crippen LogP contribution < -0.4 is 15.4 Å². The summed E-state index contributed by atoms with van der Waals surface area (Å²) in [5.74, 6) is -2.26. The molecule has 3 aromatic carbocycles. The molecule has 0 aliphatic carbocycles. The van der Waals surface area contributed by atoms with Gasteiger partial charge in [-0.3, -0.25) is 4.79 Å². The van der Waals surface area contributed by atoms with Crippen molar-refractivity contribution >= 4 is 45.9 Å². The van der Waals surface area contributed by atoms with Crippen LogP contribution in [0.1, 0.15) is 35.3 Å². The van der Waals surface area contributed by atoms with Crippen LogP contribution >= 0.6 is 11.6 Å². The van der Waals surface area contributed by atoms with E-state index in [0.717, 1.165) is 6.07 Å². The second-order valence-electron chi connectivity index (χ2n) is 9.12. The van der Waals surface area contributed by atoms with Crippen molar-refractivity contribution < 1.29 is 31.5 Å². The molecule has 3 N–H and O–H groups in total. The second-order valence-corrected chi connectivity index (χ2v) is 9.53. The number of amides is 1. The number of alkyl halides is 3. The molecule has 0 unspecified atom stereocenters. The number of H-pyrrole nitrogens is 1. The number of carbonyl (C=O) groups is 1. The third-order valence-electron chi connectivity index (χ3n) is 5.81. The Labute approximate surface area is 211 Å². The normalized spacial score (nSPS) is 14.4. The van der Waals surface area contributed by atoms with Crippen molar-refractivity contribution in [2.45, 2.75) is 32.0 Å². The van der Waals surface area contributed by atoms with Crippen LogP contribution in [0.15, 0.2) is 42.5 Å². The number of aromatic nitrogens is 2. The van der Waals surface area contributed by atoms with Gasteiger partial charge in [-0.25, -0.2) is 13.8 Å². The number of nitrogens with one attached hydrogen (secondary N) is 3. The number of fused-ring (bicyclic) bond motifs is 3. The lowest BCUT2D eigenvalue weighted by atomic mass is 9.98. The summed E-state index contributed by atoms with van der Waals surface area (Å²) < 4.78 is 73.2. The maximum Gasteiger partial charge on any atom is 0.416 e. The van der Waals surface area contributed by atoms with Gasteiger partial charge in [0, 0.05) is 12.0 Å². The third kappa shape index (κ3) is 4.66. The van der Waals surface area contributed by atoms with E-state index < -0.39 is 40.6 Å². The fourth-order valence-corrected chi connectivity index (χ4v) is 4.38. The lowest BCUT2D eigenvalue weighted by molar-refractivity contribution is -0.137. The van der Waals surface area contributed by atoms with E-state index in [4.69, 9.17) is 16.3 Å². The maximum atomic E-state index is 14.4. The quantitative estimate of drug-likeness (QED) is 0.241. The molecule has 0 radical (unpaired) electrons. The van der Waals surface area contributed by atoms with E-state index in [9.17, 15) is 26.7 Å². The molecule has 37 heavy (non-hydrogen) atoms. The standard InChI is InChI=1S/C25H18ClF5N4O2/c1-24(2)10-13-19-18(33-23(34-19)35-20-14(26)4-3-5-15(20)27)9-12(21(13)37-24)22(36)32-17-7-6-11(8-16(17)28)25(29,30)31/h3-9H,10H2,1-2H3,(H,32,36)(H2,33,34,35). The molecule has 0 spiro atoms. The van der Waals surface area contributed by atoms with Crippen LogP contribution in [-0.4, -0.2) is 21.5 Å². The van der Waals surface area contributed by atoms with Crippen LogP contribution in [-0.2, 0) is 12.6 Å². The first kappa shape index (κ1) is 24.8. The van der Waals surface area contributed by atoms with E-state index in [1.165, 1.54) is 24.3 Å². The van der Waals surface area contributed by atoms with Gasteiger partial charge in [-0.15, -0.1) is 0 Å². The highest BCUT2D eigenvalue weighted by Crippen LogP contribution is 2.43. The smallest absolute Gasteiger partial charge is 0.416 e. The average molecular weight is 537 g/mol. The van der Waals surface area contributed by atoms with Gasteiger partial charge in [-0.1, -0.05) is 17.7 Å². The zero-order valence-corrected chi connectivity index (χ0v) is 20.0. The third-order valence-corrected chi connectivity index (χ3v) is 6.12. The fourth-order valence-electron chi connectivity index (χ4n) is 4.17. The summed E-state index contributed by atoms with van der Waals surface area (Å²) in [7, 11) is 0. The van der Waals surface area contributed by atoms with Gasteiger partial charge < -0.3 is 20.4 Å². The van der Waals surface area contributed by atoms with Crippen LogP contribution in [0.5, 0.6) is 5.75 Å². The Morgan fingerprint density at radius 3 is 2.57 bits per heavy atom. The topological polar surface area (TPSA) is 79.0 Å². The minimum absolute atomic E-state index is 0.00666. The SMILES string of the molecule is CC1(C)Cc2c(c(C(=O)Nc3ccc(C(F)(F)F)cc3F)cc3nc(Nc4c(F)cccc4Cl)[nH]c23)O1. The molecule has 1 aliphatic heterocycles. The second kappa shape index (κ2) is 8.62. The summed E-state index contributed by atoms with van der Waals surface area (Å²) >= 11 is 6.09. The van der Waals surface area contributed by atoms with Crippen LogP contribution in [0.3, 0.4) is 0 Å². The van der Waals surface area contributed by atoms with Crippen LogP contribution in [0, 0.1) is 11.6 Å². The van der Waals surface area contributed by atoms with Gasteiger partial charge >= 0.3 is 6.18 Å². The van der Waals surface area contributed by atoms with Crippen molar-refractivity contribution in [3.8, 4) is 5.75 Å². The largest absolute Gasteiger partial charge is 0.486 e. The van der Waals surface area contributed by atoms with Gasteiger partial charge in [-0.05, 0) is 50.2 Å². The molecular weight excluding hydrogens is 519 g/mol. The van der Waals surface area contributed by atoms with Gasteiger partial charge in [0.25, 0.3) is 5.91 Å². The van der Waals surface area contributed by atoms with Crippen LogP contribution in [0.2, 0.25) is 5.02 Å². The summed E-state index contributed by atoms with van der Waals surface area (Å²) in [4.78, 5) is 20.6. The van der Waals surface area contributed by atoms with E-state index in [2.05, 4.69) is 20.6 Å². The van der Waals surface area contributed by atoms with Gasteiger partial charge in [0.1, 0.15) is 23.0 Å². The van der Waals surface area contributed by atoms with Crippen LogP contribution in [0.4, 0.5) is 39.3 Å². The van der Waals surface area contributed by atoms with Crippen molar-refractivity contribution in [1.29, 1.82) is 0 Å². The van der Waals surface area contributed by atoms with E-state index >= 15 is 0 Å². The van der Waals surface area contributed by atoms with Crippen molar-refractivity contribution in [1.82, 2.24) is 9.97 Å². The molecule has 6 nitrogen and oxygen atoms in total. The number of para-hydroxylation sites is 1. The van der Waals surface area contributed by atoms with Gasteiger partial charge in [0.15, 0.2) is 0 Å². The molecule has 5 rings (SSSR count). The molecular formula is C25H18ClF5N4O2. The summed E-state index contributed by atoms with van der Waals surface area (Å²) in [5.41, 5.74) is -0.814. The number of rotatable bonds is 4. The predicted octanol–water partition coefficient (Wildman–Crippen LogP) is 7.22. The molecule has 0 atom stereocenters. The number of hydrogen-bond donors (Lipinski definition) is 3.